The third-order valence-electron chi connectivity index (χ3n) is 4.62. The molecule has 0 radical (unpaired) electrons. The average molecular weight is 339 g/mol. The van der Waals surface area contributed by atoms with Crippen LogP contribution < -0.4 is 10.2 Å². The Labute approximate surface area is 146 Å². The molecule has 1 aliphatic heterocycles. The summed E-state index contributed by atoms with van der Waals surface area (Å²) in [7, 11) is 0. The Morgan fingerprint density at radius 1 is 1.16 bits per heavy atom. The highest BCUT2D eigenvalue weighted by Gasteiger charge is 2.18. The second-order valence-corrected chi connectivity index (χ2v) is 6.58. The Morgan fingerprint density at radius 3 is 2.68 bits per heavy atom. The fraction of sp³-hybridized carbons (Fsp3) is 0.368. The van der Waals surface area contributed by atoms with Gasteiger partial charge in [0.1, 0.15) is 17.3 Å². The second kappa shape index (κ2) is 6.70. The number of aryl methyl sites for hydroxylation is 1. The number of hydrogen-bond donors (Lipinski definition) is 2. The van der Waals surface area contributed by atoms with Crippen molar-refractivity contribution in [2.24, 2.45) is 0 Å². The largest absolute Gasteiger partial charge is 0.369 e. The number of hydrogen-bond acceptors (Lipinski definition) is 4. The average Bonchev–Trinajstić information content (AvgIpc) is 3.25. The Hall–Kier alpha value is -2.63. The molecule has 2 N–H and O–H groups in total. The van der Waals surface area contributed by atoms with Gasteiger partial charge >= 0.3 is 0 Å². The van der Waals surface area contributed by atoms with Crippen molar-refractivity contribution in [3.05, 3.63) is 47.4 Å². The monoisotopic (exact) mass is 339 g/mol. The molecule has 0 bridgehead atoms. The maximum Gasteiger partial charge on any atom is 0.229 e. The number of nitrogens with one attached hydrogen (secondary N) is 2. The van der Waals surface area contributed by atoms with E-state index in [1.165, 1.54) is 25.0 Å². The lowest BCUT2D eigenvalue weighted by molar-refractivity contribution is 0.627. The molecule has 1 aromatic carbocycles. The van der Waals surface area contributed by atoms with Gasteiger partial charge in [-0.3, -0.25) is 0 Å². The van der Waals surface area contributed by atoms with Gasteiger partial charge in [0.05, 0.1) is 5.39 Å². The van der Waals surface area contributed by atoms with Gasteiger partial charge in [0, 0.05) is 25.3 Å². The van der Waals surface area contributed by atoms with Gasteiger partial charge in [-0.05, 0) is 49.9 Å². The van der Waals surface area contributed by atoms with Gasteiger partial charge in [-0.1, -0.05) is 12.1 Å². The molecular formula is C19H22FN5. The number of halogens is 1. The maximum atomic E-state index is 13.0. The summed E-state index contributed by atoms with van der Waals surface area (Å²) in [5, 5.41) is 4.45. The van der Waals surface area contributed by atoms with Gasteiger partial charge in [-0.15, -0.1) is 0 Å². The lowest BCUT2D eigenvalue weighted by Crippen LogP contribution is -2.21. The Bertz CT molecular complexity index is 865. The lowest BCUT2D eigenvalue weighted by atomic mass is 10.1. The molecule has 3 heterocycles. The molecule has 0 spiro atoms. The Balaban J connectivity index is 1.55. The fourth-order valence-electron chi connectivity index (χ4n) is 3.30. The van der Waals surface area contributed by atoms with Gasteiger partial charge in [0.25, 0.3) is 0 Å². The van der Waals surface area contributed by atoms with Gasteiger partial charge < -0.3 is 15.2 Å². The van der Waals surface area contributed by atoms with Crippen LogP contribution in [0.5, 0.6) is 0 Å². The van der Waals surface area contributed by atoms with E-state index >= 15 is 0 Å². The van der Waals surface area contributed by atoms with Crippen molar-refractivity contribution in [3.8, 4) is 0 Å². The smallest absolute Gasteiger partial charge is 0.229 e. The number of H-pyrrole nitrogens is 1. The predicted octanol–water partition coefficient (Wildman–Crippen LogP) is 3.66. The SMILES string of the molecule is Cc1cc2c(NCCc3ccc(F)cc3)nc(N3CCCC3)nc2[nH]1. The van der Waals surface area contributed by atoms with E-state index in [0.29, 0.717) is 0 Å². The molecular weight excluding hydrogens is 317 g/mol. The van der Waals surface area contributed by atoms with Crippen molar-refractivity contribution in [2.75, 3.05) is 29.9 Å². The molecule has 0 atom stereocenters. The van der Waals surface area contributed by atoms with E-state index in [4.69, 9.17) is 9.97 Å². The third-order valence-corrected chi connectivity index (χ3v) is 4.62. The minimum Gasteiger partial charge on any atom is -0.369 e. The summed E-state index contributed by atoms with van der Waals surface area (Å²) in [5.74, 6) is 1.45. The molecule has 1 aliphatic rings. The quantitative estimate of drug-likeness (QED) is 0.745. The first-order valence-corrected chi connectivity index (χ1v) is 8.80. The molecule has 6 heteroatoms. The van der Waals surface area contributed by atoms with Gasteiger partial charge in [-0.2, -0.15) is 9.97 Å². The van der Waals surface area contributed by atoms with Gasteiger partial charge in [0.15, 0.2) is 0 Å². The molecule has 0 aliphatic carbocycles. The molecule has 2 aromatic heterocycles. The second-order valence-electron chi connectivity index (χ2n) is 6.58. The zero-order chi connectivity index (χ0) is 17.2. The summed E-state index contributed by atoms with van der Waals surface area (Å²) in [6.45, 7) is 4.79. The van der Waals surface area contributed by atoms with Crippen molar-refractivity contribution in [1.29, 1.82) is 0 Å². The van der Waals surface area contributed by atoms with E-state index in [-0.39, 0.29) is 5.82 Å². The minimum absolute atomic E-state index is 0.202. The van der Waals surface area contributed by atoms with Crippen molar-refractivity contribution in [1.82, 2.24) is 15.0 Å². The van der Waals surface area contributed by atoms with E-state index < -0.39 is 0 Å². The molecule has 1 fully saturated rings. The summed E-state index contributed by atoms with van der Waals surface area (Å²) in [6, 6.07) is 8.72. The normalized spacial score (nSPS) is 14.4. The van der Waals surface area contributed by atoms with E-state index in [1.807, 2.05) is 19.1 Å². The topological polar surface area (TPSA) is 56.8 Å². The van der Waals surface area contributed by atoms with Gasteiger partial charge in [0.2, 0.25) is 5.95 Å². The number of anilines is 2. The number of benzene rings is 1. The van der Waals surface area contributed by atoms with Crippen LogP contribution >= 0.6 is 0 Å². The molecule has 130 valence electrons. The van der Waals surface area contributed by atoms with Crippen molar-refractivity contribution in [3.63, 3.8) is 0 Å². The molecule has 0 unspecified atom stereocenters. The van der Waals surface area contributed by atoms with Crippen molar-refractivity contribution in [2.45, 2.75) is 26.2 Å². The molecule has 25 heavy (non-hydrogen) atoms. The van der Waals surface area contributed by atoms with E-state index in [1.54, 1.807) is 0 Å². The minimum atomic E-state index is -0.202. The van der Waals surface area contributed by atoms with E-state index in [0.717, 1.165) is 60.1 Å². The zero-order valence-electron chi connectivity index (χ0n) is 14.3. The van der Waals surface area contributed by atoms with Crippen LogP contribution in [-0.2, 0) is 6.42 Å². The van der Waals surface area contributed by atoms with E-state index in [2.05, 4.69) is 21.3 Å². The first-order valence-electron chi connectivity index (χ1n) is 8.80. The van der Waals surface area contributed by atoms with Gasteiger partial charge in [-0.25, -0.2) is 4.39 Å². The highest BCUT2D eigenvalue weighted by molar-refractivity contribution is 5.89. The molecule has 5 nitrogen and oxygen atoms in total. The fourth-order valence-corrected chi connectivity index (χ4v) is 3.30. The summed E-state index contributed by atoms with van der Waals surface area (Å²) < 4.78 is 13.0. The Kier molecular flexibility index (Phi) is 4.26. The molecule has 0 amide bonds. The highest BCUT2D eigenvalue weighted by atomic mass is 19.1. The highest BCUT2D eigenvalue weighted by Crippen LogP contribution is 2.26. The van der Waals surface area contributed by atoms with Crippen LogP contribution in [0.2, 0.25) is 0 Å². The molecule has 0 saturated carbocycles. The lowest BCUT2D eigenvalue weighted by Gasteiger charge is -2.16. The number of aromatic nitrogens is 3. The summed E-state index contributed by atoms with van der Waals surface area (Å²) in [5.41, 5.74) is 3.05. The molecule has 3 aromatic rings. The Morgan fingerprint density at radius 2 is 1.92 bits per heavy atom. The zero-order valence-corrected chi connectivity index (χ0v) is 14.3. The maximum absolute atomic E-state index is 13.0. The summed E-state index contributed by atoms with van der Waals surface area (Å²) >= 11 is 0. The summed E-state index contributed by atoms with van der Waals surface area (Å²) in [6.07, 6.45) is 3.20. The first kappa shape index (κ1) is 15.9. The van der Waals surface area contributed by atoms with Crippen molar-refractivity contribution >= 4 is 22.8 Å². The number of rotatable bonds is 5. The first-order chi connectivity index (χ1) is 12.2. The molecule has 1 saturated heterocycles. The van der Waals surface area contributed by atoms with Crippen molar-refractivity contribution < 1.29 is 4.39 Å². The third kappa shape index (κ3) is 3.43. The van der Waals surface area contributed by atoms with Crippen LogP contribution in [0.25, 0.3) is 11.0 Å². The van der Waals surface area contributed by atoms with Crippen LogP contribution in [0.15, 0.2) is 30.3 Å². The standard InChI is InChI=1S/C19H22FN5/c1-13-12-16-17(21-9-8-14-4-6-15(20)7-5-14)23-19(24-18(16)22-13)25-10-2-3-11-25/h4-7,12H,2-3,8-11H2,1H3,(H2,21,22,23,24). The van der Waals surface area contributed by atoms with Crippen LogP contribution in [0, 0.1) is 12.7 Å². The number of fused-ring (bicyclic) bond motifs is 1. The van der Waals surface area contributed by atoms with E-state index in [9.17, 15) is 4.39 Å². The summed E-state index contributed by atoms with van der Waals surface area (Å²) in [4.78, 5) is 15.0. The van der Waals surface area contributed by atoms with Crippen LogP contribution in [0.1, 0.15) is 24.1 Å². The molecule has 4 rings (SSSR count). The number of aromatic amines is 1. The van der Waals surface area contributed by atoms with Crippen LogP contribution in [0.4, 0.5) is 16.2 Å². The van der Waals surface area contributed by atoms with Crippen LogP contribution in [-0.4, -0.2) is 34.6 Å². The number of nitrogens with zero attached hydrogens (tertiary/aromatic N) is 3. The predicted molar refractivity (Wildman–Crippen MR) is 98.7 cm³/mol. The van der Waals surface area contributed by atoms with Crippen LogP contribution in [0.3, 0.4) is 0 Å².